The van der Waals surface area contributed by atoms with E-state index in [4.69, 9.17) is 23.9 Å². The smallest absolute Gasteiger partial charge is 0.289 e. The van der Waals surface area contributed by atoms with Crippen LogP contribution in [0.1, 0.15) is 5.82 Å². The van der Waals surface area contributed by atoms with Crippen LogP contribution in [0.2, 0.25) is 0 Å². The van der Waals surface area contributed by atoms with Crippen LogP contribution in [0.25, 0.3) is 33.2 Å². The van der Waals surface area contributed by atoms with E-state index >= 15 is 0 Å². The number of nitriles is 1. The van der Waals surface area contributed by atoms with E-state index in [0.29, 0.717) is 65.7 Å². The number of hydrogen-bond acceptors (Lipinski definition) is 8. The second-order valence-corrected chi connectivity index (χ2v) is 8.57. The Hall–Kier alpha value is -4.04. The molecule has 0 saturated carbocycles. The van der Waals surface area contributed by atoms with Crippen LogP contribution >= 0.6 is 0 Å². The van der Waals surface area contributed by atoms with Gasteiger partial charge in [0.2, 0.25) is 0 Å². The molecule has 2 heterocycles. The van der Waals surface area contributed by atoms with Crippen LogP contribution in [0.3, 0.4) is 0 Å². The summed E-state index contributed by atoms with van der Waals surface area (Å²) in [6, 6.07) is 12.1. The van der Waals surface area contributed by atoms with Crippen molar-refractivity contribution in [3.05, 3.63) is 60.7 Å². The lowest BCUT2D eigenvalue weighted by molar-refractivity contribution is -0.0640. The largest absolute Gasteiger partial charge is 0.451 e. The van der Waals surface area contributed by atoms with E-state index in [1.165, 1.54) is 12.1 Å². The van der Waals surface area contributed by atoms with Gasteiger partial charge in [-0.1, -0.05) is 18.2 Å². The highest BCUT2D eigenvalue weighted by Crippen LogP contribution is 2.37. The van der Waals surface area contributed by atoms with E-state index in [1.807, 2.05) is 24.1 Å². The summed E-state index contributed by atoms with van der Waals surface area (Å²) in [6.07, 6.45) is 0.640. The van der Waals surface area contributed by atoms with Crippen molar-refractivity contribution < 1.29 is 23.3 Å². The summed E-state index contributed by atoms with van der Waals surface area (Å²) < 4.78 is 36.3. The molecule has 0 fully saturated rings. The molecular weight excluding hydrogens is 489 g/mol. The fraction of sp³-hybridized carbons (Fsp3) is 0.321. The number of ether oxygens (including phenoxy) is 4. The number of hydrogen-bond donors (Lipinski definition) is 1. The number of anilines is 1. The zero-order valence-electron chi connectivity index (χ0n) is 21.7. The molecule has 10 heteroatoms. The normalized spacial score (nSPS) is 12.0. The molecule has 4 aromatic rings. The molecule has 198 valence electrons. The molecule has 1 unspecified atom stereocenters. The molecule has 2 aromatic carbocycles. The molecule has 2 aromatic heterocycles. The average molecular weight is 520 g/mol. The predicted molar refractivity (Wildman–Crippen MR) is 144 cm³/mol. The number of aromatic nitrogens is 3. The third kappa shape index (κ3) is 6.08. The minimum atomic E-state index is -1.12. The minimum absolute atomic E-state index is 0.191. The molecule has 1 atom stereocenters. The Morgan fingerprint density at radius 2 is 2.00 bits per heavy atom. The Kier molecular flexibility index (Phi) is 8.86. The molecule has 0 aliphatic carbocycles. The van der Waals surface area contributed by atoms with Gasteiger partial charge in [0.25, 0.3) is 6.29 Å². The van der Waals surface area contributed by atoms with Crippen molar-refractivity contribution in [3.63, 3.8) is 0 Å². The van der Waals surface area contributed by atoms with Crippen molar-refractivity contribution in [1.29, 1.82) is 5.26 Å². The van der Waals surface area contributed by atoms with Gasteiger partial charge in [0.05, 0.1) is 48.7 Å². The van der Waals surface area contributed by atoms with E-state index in [1.54, 1.807) is 38.3 Å². The molecule has 0 spiro atoms. The molecule has 0 aliphatic rings. The summed E-state index contributed by atoms with van der Waals surface area (Å²) in [5, 5.41) is 10.8. The van der Waals surface area contributed by atoms with Crippen LogP contribution in [0.15, 0.2) is 49.1 Å². The van der Waals surface area contributed by atoms with Gasteiger partial charge in [-0.3, -0.25) is 0 Å². The third-order valence-corrected chi connectivity index (χ3v) is 5.81. The monoisotopic (exact) mass is 519 g/mol. The first-order chi connectivity index (χ1) is 18.4. The Morgan fingerprint density at radius 1 is 1.18 bits per heavy atom. The number of likely N-dealkylation sites (N-methyl/N-ethyl adjacent to an activating group) is 1. The fourth-order valence-corrected chi connectivity index (χ4v) is 4.16. The number of rotatable bonds is 13. The molecule has 4 rings (SSSR count). The zero-order chi connectivity index (χ0) is 27.1. The lowest BCUT2D eigenvalue weighted by Gasteiger charge is -2.18. The first-order valence-electron chi connectivity index (χ1n) is 12.1. The Balaban J connectivity index is 1.67. The molecule has 1 N–H and O–H groups in total. The summed E-state index contributed by atoms with van der Waals surface area (Å²) in [7, 11) is 3.47. The average Bonchev–Trinajstić information content (AvgIpc) is 3.27. The molecule has 0 bridgehead atoms. The number of benzene rings is 2. The summed E-state index contributed by atoms with van der Waals surface area (Å²) in [4.78, 5) is 14.5. The maximum Gasteiger partial charge on any atom is 0.289 e. The first kappa shape index (κ1) is 27.0. The van der Waals surface area contributed by atoms with Crippen molar-refractivity contribution in [2.45, 2.75) is 13.2 Å². The maximum atomic E-state index is 14.8. The number of nitrogens with zero attached hydrogens (tertiary/aromatic N) is 4. The SMILES string of the molecule is C=CCN(C)c1cc(F)cc2c1[nH]c1nc(C)nc(-c3cccc(OC(C#N)OCCOCCOC)c3)c12. The van der Waals surface area contributed by atoms with Crippen molar-refractivity contribution in [1.82, 2.24) is 15.0 Å². The number of fused-ring (bicyclic) bond motifs is 3. The molecule has 0 aliphatic heterocycles. The predicted octanol–water partition coefficient (Wildman–Crippen LogP) is 4.76. The number of aromatic amines is 1. The van der Waals surface area contributed by atoms with Crippen molar-refractivity contribution in [2.75, 3.05) is 52.0 Å². The summed E-state index contributed by atoms with van der Waals surface area (Å²) in [5.41, 5.74) is 3.39. The number of methoxy groups -OCH3 is 1. The molecular formula is C28H30FN5O4. The van der Waals surface area contributed by atoms with E-state index in [-0.39, 0.29) is 12.4 Å². The molecule has 9 nitrogen and oxygen atoms in total. The van der Waals surface area contributed by atoms with Crippen LogP contribution in [0.4, 0.5) is 10.1 Å². The van der Waals surface area contributed by atoms with Gasteiger partial charge in [-0.15, -0.1) is 6.58 Å². The van der Waals surface area contributed by atoms with Gasteiger partial charge in [-0.25, -0.2) is 14.4 Å². The Morgan fingerprint density at radius 3 is 2.76 bits per heavy atom. The molecule has 38 heavy (non-hydrogen) atoms. The van der Waals surface area contributed by atoms with E-state index < -0.39 is 6.29 Å². The lowest BCUT2D eigenvalue weighted by Crippen LogP contribution is -2.21. The van der Waals surface area contributed by atoms with E-state index in [0.717, 1.165) is 11.1 Å². The second kappa shape index (κ2) is 12.5. The van der Waals surface area contributed by atoms with Gasteiger partial charge in [0.15, 0.2) is 0 Å². The second-order valence-electron chi connectivity index (χ2n) is 8.57. The topological polar surface area (TPSA) is 106 Å². The summed E-state index contributed by atoms with van der Waals surface area (Å²) in [5.74, 6) is 0.614. The Labute approximate surface area is 220 Å². The van der Waals surface area contributed by atoms with Gasteiger partial charge < -0.3 is 28.8 Å². The summed E-state index contributed by atoms with van der Waals surface area (Å²) >= 11 is 0. The quantitative estimate of drug-likeness (QED) is 0.153. The summed E-state index contributed by atoms with van der Waals surface area (Å²) in [6.45, 7) is 7.56. The lowest BCUT2D eigenvalue weighted by atomic mass is 10.0. The number of aryl methyl sites for hydroxylation is 1. The highest BCUT2D eigenvalue weighted by atomic mass is 19.1. The molecule has 0 amide bonds. The number of H-pyrrole nitrogens is 1. The van der Waals surface area contributed by atoms with Crippen LogP contribution in [0, 0.1) is 24.1 Å². The highest BCUT2D eigenvalue weighted by molar-refractivity contribution is 6.15. The van der Waals surface area contributed by atoms with Crippen LogP contribution < -0.4 is 9.64 Å². The first-order valence-corrected chi connectivity index (χ1v) is 12.1. The highest BCUT2D eigenvalue weighted by Gasteiger charge is 2.19. The van der Waals surface area contributed by atoms with E-state index in [2.05, 4.69) is 16.5 Å². The minimum Gasteiger partial charge on any atom is -0.451 e. The van der Waals surface area contributed by atoms with Gasteiger partial charge in [-0.05, 0) is 31.2 Å². The van der Waals surface area contributed by atoms with Gasteiger partial charge in [0, 0.05) is 31.7 Å². The fourth-order valence-electron chi connectivity index (χ4n) is 4.16. The Bertz CT molecular complexity index is 1470. The van der Waals surface area contributed by atoms with Crippen molar-refractivity contribution in [3.8, 4) is 23.1 Å². The van der Waals surface area contributed by atoms with E-state index in [9.17, 15) is 9.65 Å². The van der Waals surface area contributed by atoms with Gasteiger partial charge in [0.1, 0.15) is 29.1 Å². The van der Waals surface area contributed by atoms with Crippen molar-refractivity contribution in [2.24, 2.45) is 0 Å². The molecule has 0 radical (unpaired) electrons. The van der Waals surface area contributed by atoms with Crippen molar-refractivity contribution >= 4 is 27.6 Å². The number of nitrogens with one attached hydrogen (secondary N) is 1. The zero-order valence-corrected chi connectivity index (χ0v) is 21.7. The van der Waals surface area contributed by atoms with Crippen LogP contribution in [-0.2, 0) is 14.2 Å². The number of halogens is 1. The maximum absolute atomic E-state index is 14.8. The van der Waals surface area contributed by atoms with Gasteiger partial charge >= 0.3 is 0 Å². The van der Waals surface area contributed by atoms with Gasteiger partial charge in [-0.2, -0.15) is 5.26 Å². The standard InChI is InChI=1S/C28H30FN5O4/c1-5-9-34(3)23-16-20(29)15-22-25-26(31-18(2)32-28(25)33-27(22)23)19-7-6-8-21(14-19)38-24(17-30)37-13-12-36-11-10-35-4/h5-8,14-16,24H,1,9-13H2,2-4H3,(H,31,32,33). The molecule has 0 saturated heterocycles. The van der Waals surface area contributed by atoms with Crippen LogP contribution in [-0.4, -0.2) is 68.4 Å². The van der Waals surface area contributed by atoms with Crippen LogP contribution in [0.5, 0.6) is 5.75 Å². The third-order valence-electron chi connectivity index (χ3n) is 5.81.